The van der Waals surface area contributed by atoms with Gasteiger partial charge in [0.15, 0.2) is 5.82 Å². The van der Waals surface area contributed by atoms with Crippen LogP contribution in [0.25, 0.3) is 17.0 Å². The van der Waals surface area contributed by atoms with Crippen molar-refractivity contribution < 1.29 is 29.7 Å². The van der Waals surface area contributed by atoms with Crippen molar-refractivity contribution in [2.24, 2.45) is 23.7 Å². The van der Waals surface area contributed by atoms with Crippen LogP contribution in [0.5, 0.6) is 0 Å². The van der Waals surface area contributed by atoms with Crippen molar-refractivity contribution >= 4 is 34.7 Å². The molecule has 3 aliphatic rings. The molecule has 1 aromatic carbocycles. The summed E-state index contributed by atoms with van der Waals surface area (Å²) in [5.74, 6) is 1.23. The SMILES string of the molecule is CC.CC(O)CO.CCC1CCC(C2CC=C(c3cnc(-c4ccc(CC(NC(=O)c5ccc(C(C)(C)C)s5)C(=O)N5CC(C(=O)O)C5)cc4)nc3)CC2)CC1. The van der Waals surface area contributed by atoms with Crippen molar-refractivity contribution in [2.75, 3.05) is 19.7 Å². The number of hydrogen-bond acceptors (Lipinski definition) is 8. The Kier molecular flexibility index (Phi) is 16.8. The molecule has 0 radical (unpaired) electrons. The Morgan fingerprint density at radius 3 is 2.05 bits per heavy atom. The number of nitrogens with one attached hydrogen (secondary N) is 1. The van der Waals surface area contributed by atoms with Gasteiger partial charge in [-0.15, -0.1) is 11.3 Å². The predicted molar refractivity (Wildman–Crippen MR) is 224 cm³/mol. The average Bonchev–Trinajstić information content (AvgIpc) is 3.70. The van der Waals surface area contributed by atoms with Crippen molar-refractivity contribution in [1.29, 1.82) is 0 Å². The largest absolute Gasteiger partial charge is 0.481 e. The minimum Gasteiger partial charge on any atom is -0.481 e. The molecule has 1 saturated carbocycles. The number of carboxylic acids is 1. The zero-order valence-corrected chi connectivity index (χ0v) is 35.3. The van der Waals surface area contributed by atoms with Crippen LogP contribution < -0.4 is 5.32 Å². The molecule has 2 amide bonds. The number of nitrogens with zero attached hydrogens (tertiary/aromatic N) is 3. The number of carboxylic acid groups (broad SMARTS) is 1. The van der Waals surface area contributed by atoms with Gasteiger partial charge in [-0.25, -0.2) is 9.97 Å². The second-order valence-corrected chi connectivity index (χ2v) is 17.5. The van der Waals surface area contributed by atoms with Gasteiger partial charge in [0.05, 0.1) is 23.5 Å². The van der Waals surface area contributed by atoms with Crippen molar-refractivity contribution in [3.05, 3.63) is 75.7 Å². The number of aliphatic carboxylic acids is 1. The van der Waals surface area contributed by atoms with E-state index in [1.165, 1.54) is 67.3 Å². The number of aromatic nitrogens is 2. The van der Waals surface area contributed by atoms with Crippen LogP contribution >= 0.6 is 11.3 Å². The lowest BCUT2D eigenvalue weighted by atomic mass is 9.71. The van der Waals surface area contributed by atoms with E-state index < -0.39 is 24.0 Å². The fraction of sp³-hybridized carbons (Fsp3) is 0.578. The first-order chi connectivity index (χ1) is 26.7. The van der Waals surface area contributed by atoms with Gasteiger partial charge in [-0.1, -0.05) is 91.1 Å². The van der Waals surface area contributed by atoms with Crippen molar-refractivity contribution in [2.45, 2.75) is 124 Å². The third-order valence-electron chi connectivity index (χ3n) is 11.2. The Bertz CT molecular complexity index is 1730. The van der Waals surface area contributed by atoms with Crippen LogP contribution in [0, 0.1) is 23.7 Å². The number of aliphatic hydroxyl groups excluding tert-OH is 2. The Morgan fingerprint density at radius 2 is 1.55 bits per heavy atom. The fourth-order valence-electron chi connectivity index (χ4n) is 7.61. The smallest absolute Gasteiger partial charge is 0.310 e. The monoisotopic (exact) mass is 788 g/mol. The highest BCUT2D eigenvalue weighted by molar-refractivity contribution is 7.14. The third-order valence-corrected chi connectivity index (χ3v) is 12.8. The summed E-state index contributed by atoms with van der Waals surface area (Å²) in [6, 6.07) is 10.7. The lowest BCUT2D eigenvalue weighted by molar-refractivity contribution is -0.153. The molecule has 3 atom stereocenters. The van der Waals surface area contributed by atoms with Gasteiger partial charge in [-0.2, -0.15) is 0 Å². The molecule has 0 spiro atoms. The molecule has 4 N–H and O–H groups in total. The summed E-state index contributed by atoms with van der Waals surface area (Å²) in [6.07, 6.45) is 16.5. The molecule has 1 aliphatic heterocycles. The van der Waals surface area contributed by atoms with E-state index in [-0.39, 0.29) is 43.3 Å². The third kappa shape index (κ3) is 12.3. The number of carbonyl (C=O) groups is 3. The molecular weight excluding hydrogens is 725 g/mol. The second-order valence-electron chi connectivity index (χ2n) is 16.4. The highest BCUT2D eigenvalue weighted by Gasteiger charge is 2.39. The van der Waals surface area contributed by atoms with Gasteiger partial charge < -0.3 is 25.5 Å². The molecule has 2 aromatic heterocycles. The van der Waals surface area contributed by atoms with Gasteiger partial charge in [0.2, 0.25) is 5.91 Å². The van der Waals surface area contributed by atoms with E-state index in [1.54, 1.807) is 6.07 Å². The van der Waals surface area contributed by atoms with Crippen LogP contribution in [0.4, 0.5) is 0 Å². The molecule has 6 rings (SSSR count). The predicted octanol–water partition coefficient (Wildman–Crippen LogP) is 8.17. The number of allylic oxidation sites excluding steroid dienone is 2. The van der Waals surface area contributed by atoms with Crippen LogP contribution in [-0.2, 0) is 21.4 Å². The van der Waals surface area contributed by atoms with Gasteiger partial charge in [-0.3, -0.25) is 14.4 Å². The van der Waals surface area contributed by atoms with Gasteiger partial charge in [-0.05, 0) is 85.5 Å². The molecule has 3 heterocycles. The lowest BCUT2D eigenvalue weighted by Crippen LogP contribution is -2.59. The Hall–Kier alpha value is -3.93. The minimum absolute atomic E-state index is 0.0859. The van der Waals surface area contributed by atoms with Gasteiger partial charge >= 0.3 is 5.97 Å². The number of rotatable bonds is 11. The van der Waals surface area contributed by atoms with E-state index in [0.29, 0.717) is 10.7 Å². The summed E-state index contributed by atoms with van der Waals surface area (Å²) in [7, 11) is 0. The van der Waals surface area contributed by atoms with Gasteiger partial charge in [0.1, 0.15) is 6.04 Å². The zero-order valence-electron chi connectivity index (χ0n) is 34.5. The molecule has 0 bridgehead atoms. The number of hydrogen-bond donors (Lipinski definition) is 4. The van der Waals surface area contributed by atoms with Crippen LogP contribution in [0.3, 0.4) is 0 Å². The van der Waals surface area contributed by atoms with Crippen LogP contribution in [-0.4, -0.2) is 79.8 Å². The summed E-state index contributed by atoms with van der Waals surface area (Å²) in [5.41, 5.74) is 4.12. The van der Waals surface area contributed by atoms with E-state index >= 15 is 0 Å². The number of carbonyl (C=O) groups excluding carboxylic acids is 2. The summed E-state index contributed by atoms with van der Waals surface area (Å²) in [5, 5.41) is 28.3. The Labute approximate surface area is 337 Å². The second kappa shape index (κ2) is 21.0. The maximum Gasteiger partial charge on any atom is 0.310 e. The molecule has 2 aliphatic carbocycles. The summed E-state index contributed by atoms with van der Waals surface area (Å²) in [4.78, 5) is 50.7. The summed E-state index contributed by atoms with van der Waals surface area (Å²) < 4.78 is 0. The first kappa shape index (κ1) is 44.8. The minimum atomic E-state index is -0.910. The van der Waals surface area contributed by atoms with Gasteiger partial charge in [0.25, 0.3) is 5.91 Å². The van der Waals surface area contributed by atoms with Crippen LogP contribution in [0.1, 0.15) is 126 Å². The average molecular weight is 789 g/mol. The van der Waals surface area contributed by atoms with Crippen LogP contribution in [0.15, 0.2) is 54.9 Å². The number of benzene rings is 1. The van der Waals surface area contributed by atoms with E-state index in [9.17, 15) is 19.5 Å². The lowest BCUT2D eigenvalue weighted by Gasteiger charge is -2.38. The van der Waals surface area contributed by atoms with Crippen molar-refractivity contribution in [1.82, 2.24) is 20.2 Å². The highest BCUT2D eigenvalue weighted by Crippen LogP contribution is 2.41. The van der Waals surface area contributed by atoms with E-state index in [1.807, 2.05) is 56.6 Å². The van der Waals surface area contributed by atoms with Crippen LogP contribution in [0.2, 0.25) is 0 Å². The molecular formula is C45H64N4O6S. The van der Waals surface area contributed by atoms with Gasteiger partial charge in [0, 0.05) is 47.9 Å². The molecule has 1 saturated heterocycles. The first-order valence-corrected chi connectivity index (χ1v) is 21.4. The van der Waals surface area contributed by atoms with E-state index in [0.717, 1.165) is 52.2 Å². The Morgan fingerprint density at radius 1 is 0.929 bits per heavy atom. The molecule has 10 nitrogen and oxygen atoms in total. The summed E-state index contributed by atoms with van der Waals surface area (Å²) in [6.45, 7) is 14.3. The fourth-order valence-corrected chi connectivity index (χ4v) is 8.58. The quantitative estimate of drug-likeness (QED) is 0.152. The van der Waals surface area contributed by atoms with E-state index in [4.69, 9.17) is 20.2 Å². The maximum absolute atomic E-state index is 13.5. The number of amides is 2. The topological polar surface area (TPSA) is 153 Å². The number of likely N-dealkylation sites (tertiary alicyclic amines) is 1. The molecule has 56 heavy (non-hydrogen) atoms. The Balaban J connectivity index is 0.000000922. The first-order valence-electron chi connectivity index (χ1n) is 20.6. The van der Waals surface area contributed by atoms with Crippen molar-refractivity contribution in [3.8, 4) is 11.4 Å². The molecule has 3 aromatic rings. The molecule has 2 fully saturated rings. The number of aliphatic hydroxyl groups is 2. The molecule has 11 heteroatoms. The standard InChI is InChI=1S/C40H50N4O4S.C3H8O2.C2H6/c1-5-25-6-10-27(11-7-25)28-14-16-29(17-15-28)31-21-41-36(42-22-31)30-12-8-26(9-13-30)20-33(38(46)44-23-32(24-44)39(47)48)43-37(45)34-18-19-35(49-34)40(2,3)4;1-3(5)2-4;1-2/h8-9,12-13,16,18-19,21-22,25,27-28,32-33H,5-7,10-11,14-15,17,20,23-24H2,1-4H3,(H,43,45)(H,47,48);3-5H,2H2,1H3;1-2H3. The molecule has 306 valence electrons. The zero-order chi connectivity index (χ0) is 41.0. The van der Waals surface area contributed by atoms with E-state index in [2.05, 4.69) is 39.1 Å². The highest BCUT2D eigenvalue weighted by atomic mass is 32.1. The number of thiophene rings is 1. The van der Waals surface area contributed by atoms with Crippen molar-refractivity contribution in [3.63, 3.8) is 0 Å². The maximum atomic E-state index is 13.5. The summed E-state index contributed by atoms with van der Waals surface area (Å²) >= 11 is 1.42. The molecule has 3 unspecified atom stereocenters. The normalized spacial score (nSPS) is 20.8.